The summed E-state index contributed by atoms with van der Waals surface area (Å²) < 4.78 is 0. The van der Waals surface area contributed by atoms with Crippen LogP contribution in [0.2, 0.25) is 0 Å². The molecule has 0 aromatic rings. The van der Waals surface area contributed by atoms with Crippen LogP contribution in [0, 0.1) is 0 Å². The summed E-state index contributed by atoms with van der Waals surface area (Å²) in [6.07, 6.45) is 3.10. The van der Waals surface area contributed by atoms with E-state index in [9.17, 15) is 19.5 Å². The van der Waals surface area contributed by atoms with E-state index in [1.54, 1.807) is 11.8 Å². The zero-order valence-corrected chi connectivity index (χ0v) is 11.7. The first-order valence-corrected chi connectivity index (χ1v) is 7.04. The summed E-state index contributed by atoms with van der Waals surface area (Å²) in [5.74, 6) is -1.32. The van der Waals surface area contributed by atoms with Crippen molar-refractivity contribution in [2.45, 2.75) is 38.3 Å². The number of aliphatic carboxylic acids is 1. The minimum atomic E-state index is -1.01. The average Bonchev–Trinajstić information content (AvgIpc) is 2.46. The van der Waals surface area contributed by atoms with Gasteiger partial charge in [-0.3, -0.25) is 19.3 Å². The van der Waals surface area contributed by atoms with Crippen molar-refractivity contribution in [3.8, 4) is 0 Å². The Kier molecular flexibility index (Phi) is 4.59. The van der Waals surface area contributed by atoms with Gasteiger partial charge >= 0.3 is 5.97 Å². The highest BCUT2D eigenvalue weighted by molar-refractivity contribution is 5.87. The maximum Gasteiger partial charge on any atom is 0.322 e. The number of hydrogen-bond donors (Lipinski definition) is 2. The molecule has 0 aromatic carbocycles. The highest BCUT2D eigenvalue weighted by atomic mass is 16.4. The van der Waals surface area contributed by atoms with E-state index in [1.807, 2.05) is 0 Å². The predicted molar refractivity (Wildman–Crippen MR) is 71.0 cm³/mol. The number of amides is 2. The molecule has 2 N–H and O–H groups in total. The van der Waals surface area contributed by atoms with Gasteiger partial charge in [0.2, 0.25) is 11.8 Å². The summed E-state index contributed by atoms with van der Waals surface area (Å²) in [6.45, 7) is 3.14. The van der Waals surface area contributed by atoms with E-state index in [-0.39, 0.29) is 24.9 Å². The number of likely N-dealkylation sites (tertiary alicyclic amines) is 1. The summed E-state index contributed by atoms with van der Waals surface area (Å²) in [6, 6.07) is -1.42. The van der Waals surface area contributed by atoms with E-state index < -0.39 is 18.1 Å². The van der Waals surface area contributed by atoms with Gasteiger partial charge in [0, 0.05) is 19.6 Å². The highest BCUT2D eigenvalue weighted by Crippen LogP contribution is 2.15. The van der Waals surface area contributed by atoms with Crippen LogP contribution in [0.25, 0.3) is 0 Å². The summed E-state index contributed by atoms with van der Waals surface area (Å²) >= 11 is 0. The zero-order valence-electron chi connectivity index (χ0n) is 11.7. The van der Waals surface area contributed by atoms with Gasteiger partial charge in [-0.1, -0.05) is 0 Å². The van der Waals surface area contributed by atoms with E-state index in [1.165, 1.54) is 4.90 Å². The van der Waals surface area contributed by atoms with Gasteiger partial charge in [-0.25, -0.2) is 0 Å². The third kappa shape index (κ3) is 3.09. The number of carboxylic acid groups (broad SMARTS) is 1. The lowest BCUT2D eigenvalue weighted by Gasteiger charge is -2.39. The largest absolute Gasteiger partial charge is 0.480 e. The van der Waals surface area contributed by atoms with Crippen molar-refractivity contribution in [1.82, 2.24) is 15.1 Å². The fraction of sp³-hybridized carbons (Fsp3) is 0.769. The molecule has 2 unspecified atom stereocenters. The smallest absolute Gasteiger partial charge is 0.322 e. The van der Waals surface area contributed by atoms with Crippen molar-refractivity contribution in [2.24, 2.45) is 0 Å². The molecule has 0 spiro atoms. The molecule has 0 aromatic heterocycles. The lowest BCUT2D eigenvalue weighted by atomic mass is 10.1. The molecule has 7 heteroatoms. The third-order valence-corrected chi connectivity index (χ3v) is 4.03. The molecule has 0 bridgehead atoms. The molecule has 2 aliphatic rings. The number of piperidine rings is 1. The molecule has 112 valence electrons. The summed E-state index contributed by atoms with van der Waals surface area (Å²) in [4.78, 5) is 38.4. The molecular weight excluding hydrogens is 262 g/mol. The van der Waals surface area contributed by atoms with Gasteiger partial charge in [0.15, 0.2) is 0 Å². The Labute approximate surface area is 117 Å². The number of carbonyl (C=O) groups excluding carboxylic acids is 2. The number of nitrogens with one attached hydrogen (secondary N) is 1. The average molecular weight is 283 g/mol. The van der Waals surface area contributed by atoms with Gasteiger partial charge in [-0.15, -0.1) is 0 Å². The van der Waals surface area contributed by atoms with Crippen LogP contribution in [-0.2, 0) is 14.4 Å². The lowest BCUT2D eigenvalue weighted by Crippen LogP contribution is -2.63. The van der Waals surface area contributed by atoms with Crippen LogP contribution in [0.1, 0.15) is 26.2 Å². The number of carbonyl (C=O) groups is 3. The monoisotopic (exact) mass is 283 g/mol. The minimum absolute atomic E-state index is 0.0439. The molecule has 0 saturated carbocycles. The Bertz CT molecular complexity index is 406. The van der Waals surface area contributed by atoms with Gasteiger partial charge in [-0.05, 0) is 26.2 Å². The standard InChI is InChI=1S/C13H21N3O4/c1-9(12(18)15-5-3-2-4-6-15)16-8-11(17)14-7-10(16)13(19)20/h9-10H,2-8H2,1H3,(H,14,17)(H,19,20). The van der Waals surface area contributed by atoms with Crippen LogP contribution in [0.3, 0.4) is 0 Å². The summed E-state index contributed by atoms with van der Waals surface area (Å²) in [7, 11) is 0. The van der Waals surface area contributed by atoms with Crippen molar-refractivity contribution in [3.63, 3.8) is 0 Å². The molecule has 0 aliphatic carbocycles. The van der Waals surface area contributed by atoms with Gasteiger partial charge in [0.1, 0.15) is 6.04 Å². The van der Waals surface area contributed by atoms with Crippen LogP contribution >= 0.6 is 0 Å². The van der Waals surface area contributed by atoms with Crippen LogP contribution in [-0.4, -0.2) is 71.0 Å². The van der Waals surface area contributed by atoms with Crippen molar-refractivity contribution in [1.29, 1.82) is 0 Å². The van der Waals surface area contributed by atoms with Crippen LogP contribution in [0.5, 0.6) is 0 Å². The molecule has 2 aliphatic heterocycles. The Morgan fingerprint density at radius 1 is 1.30 bits per heavy atom. The number of rotatable bonds is 3. The number of hydrogen-bond acceptors (Lipinski definition) is 4. The van der Waals surface area contributed by atoms with E-state index in [0.29, 0.717) is 0 Å². The SMILES string of the molecule is CC(C(=O)N1CCCCC1)N1CC(=O)NCC1C(=O)O. The van der Waals surface area contributed by atoms with E-state index >= 15 is 0 Å². The Balaban J connectivity index is 2.07. The third-order valence-electron chi connectivity index (χ3n) is 4.03. The summed E-state index contributed by atoms with van der Waals surface area (Å²) in [5, 5.41) is 11.7. The molecule has 2 heterocycles. The molecule has 2 fully saturated rings. The van der Waals surface area contributed by atoms with Crippen molar-refractivity contribution >= 4 is 17.8 Å². The molecule has 0 radical (unpaired) electrons. The van der Waals surface area contributed by atoms with Gasteiger partial charge in [-0.2, -0.15) is 0 Å². The second-order valence-electron chi connectivity index (χ2n) is 5.39. The number of carboxylic acids is 1. The Hall–Kier alpha value is -1.63. The summed E-state index contributed by atoms with van der Waals surface area (Å²) in [5.41, 5.74) is 0. The Morgan fingerprint density at radius 3 is 2.55 bits per heavy atom. The normalized spacial score (nSPS) is 25.9. The molecule has 2 saturated heterocycles. The quantitative estimate of drug-likeness (QED) is 0.713. The minimum Gasteiger partial charge on any atom is -0.480 e. The molecule has 2 rings (SSSR count). The fourth-order valence-electron chi connectivity index (χ4n) is 2.82. The topological polar surface area (TPSA) is 90.0 Å². The van der Waals surface area contributed by atoms with Crippen molar-refractivity contribution in [2.75, 3.05) is 26.2 Å². The number of piperazine rings is 1. The molecule has 2 atom stereocenters. The Morgan fingerprint density at radius 2 is 1.95 bits per heavy atom. The van der Waals surface area contributed by atoms with Gasteiger partial charge in [0.05, 0.1) is 12.6 Å². The van der Waals surface area contributed by atoms with Crippen LogP contribution < -0.4 is 5.32 Å². The predicted octanol–water partition coefficient (Wildman–Crippen LogP) is -0.728. The zero-order chi connectivity index (χ0) is 14.7. The number of nitrogens with zero attached hydrogens (tertiary/aromatic N) is 2. The molecule has 2 amide bonds. The first-order valence-electron chi connectivity index (χ1n) is 7.04. The van der Waals surface area contributed by atoms with Gasteiger partial charge < -0.3 is 15.3 Å². The second-order valence-corrected chi connectivity index (χ2v) is 5.39. The van der Waals surface area contributed by atoms with Crippen LogP contribution in [0.15, 0.2) is 0 Å². The van der Waals surface area contributed by atoms with Crippen LogP contribution in [0.4, 0.5) is 0 Å². The molecular formula is C13H21N3O4. The molecule has 20 heavy (non-hydrogen) atoms. The lowest BCUT2D eigenvalue weighted by molar-refractivity contribution is -0.151. The maximum atomic E-state index is 12.4. The van der Waals surface area contributed by atoms with Crippen molar-refractivity contribution < 1.29 is 19.5 Å². The maximum absolute atomic E-state index is 12.4. The van der Waals surface area contributed by atoms with E-state index in [2.05, 4.69) is 5.32 Å². The highest BCUT2D eigenvalue weighted by Gasteiger charge is 2.38. The fourth-order valence-corrected chi connectivity index (χ4v) is 2.82. The van der Waals surface area contributed by atoms with Gasteiger partial charge in [0.25, 0.3) is 0 Å². The first-order chi connectivity index (χ1) is 9.50. The van der Waals surface area contributed by atoms with E-state index in [0.717, 1.165) is 32.4 Å². The van der Waals surface area contributed by atoms with E-state index in [4.69, 9.17) is 0 Å². The second kappa shape index (κ2) is 6.21. The van der Waals surface area contributed by atoms with Crippen molar-refractivity contribution in [3.05, 3.63) is 0 Å². The first kappa shape index (κ1) is 14.8. The molecule has 7 nitrogen and oxygen atoms in total.